The zero-order valence-corrected chi connectivity index (χ0v) is 13.7. The minimum atomic E-state index is -1.39. The third-order valence-corrected chi connectivity index (χ3v) is 4.59. The van der Waals surface area contributed by atoms with Gasteiger partial charge in [-0.2, -0.15) is 0 Å². The zero-order valence-electron chi connectivity index (χ0n) is 13.7. The fourth-order valence-electron chi connectivity index (χ4n) is 3.37. The summed E-state index contributed by atoms with van der Waals surface area (Å²) in [7, 11) is 0. The van der Waals surface area contributed by atoms with Crippen molar-refractivity contribution in [3.63, 3.8) is 0 Å². The molecule has 6 nitrogen and oxygen atoms in total. The van der Waals surface area contributed by atoms with E-state index >= 15 is 0 Å². The molecule has 1 aromatic carbocycles. The van der Waals surface area contributed by atoms with Crippen LogP contribution < -0.4 is 5.56 Å². The van der Waals surface area contributed by atoms with Gasteiger partial charge in [0.25, 0.3) is 5.56 Å². The minimum Gasteiger partial charge on any atom is -0.450 e. The highest BCUT2D eigenvalue weighted by molar-refractivity contribution is 5.83. The van der Waals surface area contributed by atoms with Crippen LogP contribution in [-0.4, -0.2) is 20.8 Å². The number of benzene rings is 1. The van der Waals surface area contributed by atoms with E-state index in [9.17, 15) is 9.59 Å². The van der Waals surface area contributed by atoms with Gasteiger partial charge in [-0.05, 0) is 30.2 Å². The van der Waals surface area contributed by atoms with Gasteiger partial charge in [0.2, 0.25) is 0 Å². The number of carboxylic acid groups (broad SMARTS) is 1. The van der Waals surface area contributed by atoms with Gasteiger partial charge in [-0.1, -0.05) is 25.1 Å². The number of pyridine rings is 2. The molecule has 25 heavy (non-hydrogen) atoms. The van der Waals surface area contributed by atoms with E-state index in [4.69, 9.17) is 10.1 Å². The lowest BCUT2D eigenvalue weighted by atomic mass is 10.0. The van der Waals surface area contributed by atoms with Gasteiger partial charge >= 0.3 is 6.16 Å². The predicted molar refractivity (Wildman–Crippen MR) is 92.7 cm³/mol. The van der Waals surface area contributed by atoms with Crippen molar-refractivity contribution in [2.45, 2.75) is 26.5 Å². The lowest BCUT2D eigenvalue weighted by molar-refractivity contribution is 0.0847. The number of ether oxygens (including phenoxy) is 1. The van der Waals surface area contributed by atoms with Crippen LogP contribution in [0.25, 0.3) is 22.3 Å². The van der Waals surface area contributed by atoms with E-state index in [0.29, 0.717) is 18.5 Å². The van der Waals surface area contributed by atoms with Crippen LogP contribution in [0.2, 0.25) is 0 Å². The summed E-state index contributed by atoms with van der Waals surface area (Å²) in [5.74, 6) is 0. The summed E-state index contributed by atoms with van der Waals surface area (Å²) < 4.78 is 6.29. The largest absolute Gasteiger partial charge is 0.506 e. The monoisotopic (exact) mass is 336 g/mol. The summed E-state index contributed by atoms with van der Waals surface area (Å²) in [6, 6.07) is 11.8. The molecule has 0 saturated heterocycles. The Morgan fingerprint density at radius 1 is 1.32 bits per heavy atom. The molecule has 0 amide bonds. The van der Waals surface area contributed by atoms with E-state index in [0.717, 1.165) is 33.4 Å². The molecule has 0 unspecified atom stereocenters. The Morgan fingerprint density at radius 2 is 2.12 bits per heavy atom. The SMILES string of the molecule is CCc1cc2n(c(=O)c1COC(=O)O)Cc1cc3ccccc3nc1-2. The maximum atomic E-state index is 12.9. The number of fused-ring (bicyclic) bond motifs is 4. The van der Waals surface area contributed by atoms with Crippen LogP contribution in [0, 0.1) is 0 Å². The third kappa shape index (κ3) is 2.46. The Hall–Kier alpha value is -3.15. The molecule has 1 aliphatic heterocycles. The molecule has 126 valence electrons. The molecule has 0 bridgehead atoms. The van der Waals surface area contributed by atoms with Gasteiger partial charge in [0.15, 0.2) is 0 Å². The van der Waals surface area contributed by atoms with Gasteiger partial charge in [0.05, 0.1) is 29.0 Å². The summed E-state index contributed by atoms with van der Waals surface area (Å²) in [5, 5.41) is 9.77. The highest BCUT2D eigenvalue weighted by Gasteiger charge is 2.25. The number of aryl methyl sites for hydroxylation is 1. The normalized spacial score (nSPS) is 12.0. The number of aromatic nitrogens is 2. The smallest absolute Gasteiger partial charge is 0.450 e. The van der Waals surface area contributed by atoms with E-state index in [1.165, 1.54) is 0 Å². The van der Waals surface area contributed by atoms with Crippen LogP contribution in [0.5, 0.6) is 0 Å². The molecular formula is C19H16N2O4. The van der Waals surface area contributed by atoms with Gasteiger partial charge in [-0.3, -0.25) is 4.79 Å². The van der Waals surface area contributed by atoms with Crippen molar-refractivity contribution in [3.8, 4) is 11.4 Å². The molecule has 6 heteroatoms. The molecule has 0 aliphatic carbocycles. The van der Waals surface area contributed by atoms with Crippen LogP contribution in [0.15, 0.2) is 41.2 Å². The number of nitrogens with zero attached hydrogens (tertiary/aromatic N) is 2. The lowest BCUT2D eigenvalue weighted by Crippen LogP contribution is -2.25. The Bertz CT molecular complexity index is 1070. The molecule has 1 N–H and O–H groups in total. The number of para-hydroxylation sites is 1. The fraction of sp³-hybridized carbons (Fsp3) is 0.211. The Balaban J connectivity index is 1.89. The molecule has 3 aromatic rings. The van der Waals surface area contributed by atoms with E-state index in [-0.39, 0.29) is 12.2 Å². The molecule has 4 rings (SSSR count). The van der Waals surface area contributed by atoms with Crippen LogP contribution in [0.4, 0.5) is 4.79 Å². The summed E-state index contributed by atoms with van der Waals surface area (Å²) in [5.41, 5.74) is 4.45. The number of hydrogen-bond donors (Lipinski definition) is 1. The van der Waals surface area contributed by atoms with Crippen molar-refractivity contribution in [2.75, 3.05) is 0 Å². The van der Waals surface area contributed by atoms with Crippen LogP contribution in [0.1, 0.15) is 23.6 Å². The minimum absolute atomic E-state index is 0.211. The van der Waals surface area contributed by atoms with Crippen molar-refractivity contribution in [1.29, 1.82) is 0 Å². The van der Waals surface area contributed by atoms with Gasteiger partial charge in [-0.15, -0.1) is 0 Å². The first-order valence-corrected chi connectivity index (χ1v) is 8.09. The van der Waals surface area contributed by atoms with E-state index < -0.39 is 6.16 Å². The van der Waals surface area contributed by atoms with Crippen molar-refractivity contribution in [1.82, 2.24) is 9.55 Å². The second-order valence-electron chi connectivity index (χ2n) is 6.02. The maximum Gasteiger partial charge on any atom is 0.506 e. The molecule has 0 radical (unpaired) electrons. The topological polar surface area (TPSA) is 81.4 Å². The Labute approximate surface area is 143 Å². The first-order valence-electron chi connectivity index (χ1n) is 8.09. The van der Waals surface area contributed by atoms with Gasteiger partial charge in [0, 0.05) is 10.9 Å². The Morgan fingerprint density at radius 3 is 2.88 bits per heavy atom. The second-order valence-corrected chi connectivity index (χ2v) is 6.02. The molecule has 0 fully saturated rings. The number of rotatable bonds is 3. The standard InChI is InChI=1S/C19H16N2O4/c1-2-11-8-16-17-13(7-12-5-3-4-6-15(12)20-17)9-21(16)18(22)14(11)10-25-19(23)24/h3-8H,2,9-10H2,1H3,(H,23,24). The maximum absolute atomic E-state index is 12.9. The molecule has 0 saturated carbocycles. The molecule has 0 spiro atoms. The van der Waals surface area contributed by atoms with Crippen LogP contribution in [-0.2, 0) is 24.3 Å². The molecular weight excluding hydrogens is 320 g/mol. The highest BCUT2D eigenvalue weighted by Crippen LogP contribution is 2.32. The number of carbonyl (C=O) groups is 1. The molecule has 0 atom stereocenters. The lowest BCUT2D eigenvalue weighted by Gasteiger charge is -2.11. The summed E-state index contributed by atoms with van der Waals surface area (Å²) in [6.45, 7) is 2.13. The molecule has 1 aliphatic rings. The van der Waals surface area contributed by atoms with E-state index in [1.54, 1.807) is 4.57 Å². The van der Waals surface area contributed by atoms with Gasteiger partial charge in [0.1, 0.15) is 6.61 Å². The summed E-state index contributed by atoms with van der Waals surface area (Å²) in [6.07, 6.45) is -0.771. The van der Waals surface area contributed by atoms with Crippen molar-refractivity contribution in [2.24, 2.45) is 0 Å². The third-order valence-electron chi connectivity index (χ3n) is 4.59. The number of hydrogen-bond acceptors (Lipinski definition) is 4. The molecule has 3 heterocycles. The quantitative estimate of drug-likeness (QED) is 0.581. The zero-order chi connectivity index (χ0) is 17.6. The van der Waals surface area contributed by atoms with Crippen LogP contribution in [0.3, 0.4) is 0 Å². The predicted octanol–water partition coefficient (Wildman–Crippen LogP) is 3.18. The average Bonchev–Trinajstić information content (AvgIpc) is 2.96. The first kappa shape index (κ1) is 15.4. The van der Waals surface area contributed by atoms with Crippen molar-refractivity contribution in [3.05, 3.63) is 63.4 Å². The van der Waals surface area contributed by atoms with E-state index in [2.05, 4.69) is 10.8 Å². The fourth-order valence-corrected chi connectivity index (χ4v) is 3.37. The van der Waals surface area contributed by atoms with E-state index in [1.807, 2.05) is 37.3 Å². The van der Waals surface area contributed by atoms with Crippen molar-refractivity contribution < 1.29 is 14.6 Å². The summed E-state index contributed by atoms with van der Waals surface area (Å²) in [4.78, 5) is 28.3. The van der Waals surface area contributed by atoms with Gasteiger partial charge in [-0.25, -0.2) is 9.78 Å². The Kier molecular flexibility index (Phi) is 3.53. The van der Waals surface area contributed by atoms with Gasteiger partial charge < -0.3 is 14.4 Å². The first-order chi connectivity index (χ1) is 12.1. The second kappa shape index (κ2) is 5.73. The average molecular weight is 336 g/mol. The van der Waals surface area contributed by atoms with Crippen LogP contribution >= 0.6 is 0 Å². The highest BCUT2D eigenvalue weighted by atomic mass is 16.7. The molecule has 2 aromatic heterocycles. The summed E-state index contributed by atoms with van der Waals surface area (Å²) >= 11 is 0. The van der Waals surface area contributed by atoms with Crippen molar-refractivity contribution >= 4 is 17.1 Å².